The van der Waals surface area contributed by atoms with Crippen molar-refractivity contribution in [1.82, 2.24) is 20.7 Å². The number of aromatic nitrogens is 1. The summed E-state index contributed by atoms with van der Waals surface area (Å²) in [6, 6.07) is 12.6. The molecule has 0 unspecified atom stereocenters. The predicted octanol–water partition coefficient (Wildman–Crippen LogP) is 5.60. The van der Waals surface area contributed by atoms with Gasteiger partial charge in [0.2, 0.25) is 0 Å². The van der Waals surface area contributed by atoms with E-state index in [-0.39, 0.29) is 0 Å². The third-order valence-electron chi connectivity index (χ3n) is 6.43. The Hall–Kier alpha value is -2.92. The second kappa shape index (κ2) is 12.7. The van der Waals surface area contributed by atoms with Crippen molar-refractivity contribution in [3.8, 4) is 0 Å². The van der Waals surface area contributed by atoms with E-state index in [2.05, 4.69) is 64.1 Å². The number of fused-ring (bicyclic) bond motifs is 1. The first-order valence-corrected chi connectivity index (χ1v) is 13.3. The van der Waals surface area contributed by atoms with Crippen molar-refractivity contribution in [1.29, 1.82) is 0 Å². The summed E-state index contributed by atoms with van der Waals surface area (Å²) >= 11 is 0. The van der Waals surface area contributed by atoms with E-state index in [0.717, 1.165) is 70.5 Å². The van der Waals surface area contributed by atoms with Crippen molar-refractivity contribution in [3.63, 3.8) is 0 Å². The standard InChI is InChI=1S/C28H35N4O2P/c1-21(29-17-22-8-9-22)5-4-15-32(16-14-24-18-30-27-7-3-2-6-26(24)27)19-23-10-11-25(35-20-23)12-13-28(33)31-34/h2-3,6-7,10-13,18,20,22,29-30,34H,1,4-5,8-9,14-17,19H2,(H,31,33)/b13-12+. The lowest BCUT2D eigenvalue weighted by atomic mass is 10.1. The van der Waals surface area contributed by atoms with Crippen LogP contribution >= 0.6 is 8.19 Å². The minimum Gasteiger partial charge on any atom is -0.389 e. The first-order valence-electron chi connectivity index (χ1n) is 12.4. The minimum atomic E-state index is -0.521. The van der Waals surface area contributed by atoms with Gasteiger partial charge < -0.3 is 10.3 Å². The van der Waals surface area contributed by atoms with Gasteiger partial charge >= 0.3 is 0 Å². The summed E-state index contributed by atoms with van der Waals surface area (Å²) in [5, 5.41) is 14.5. The van der Waals surface area contributed by atoms with Gasteiger partial charge in [0, 0.05) is 53.8 Å². The molecule has 6 nitrogen and oxygen atoms in total. The largest absolute Gasteiger partial charge is 0.389 e. The molecule has 0 atom stereocenters. The van der Waals surface area contributed by atoms with Crippen LogP contribution in [0.4, 0.5) is 0 Å². The van der Waals surface area contributed by atoms with Crippen LogP contribution in [0.3, 0.4) is 0 Å². The number of amides is 1. The first kappa shape index (κ1) is 25.2. The van der Waals surface area contributed by atoms with Gasteiger partial charge in [0.25, 0.3) is 5.91 Å². The highest BCUT2D eigenvalue weighted by molar-refractivity contribution is 7.30. The van der Waals surface area contributed by atoms with Gasteiger partial charge in [-0.25, -0.2) is 5.48 Å². The SMILES string of the molecule is C=C(CCCN(CCc1c[nH]c2ccccc12)Cc1ccc(/C=C/C(=O)NO)pc1)NCC1CC1. The van der Waals surface area contributed by atoms with E-state index in [1.54, 1.807) is 11.6 Å². The van der Waals surface area contributed by atoms with Gasteiger partial charge in [-0.05, 0) is 73.6 Å². The summed E-state index contributed by atoms with van der Waals surface area (Å²) < 4.78 is 0. The Bertz CT molecular complexity index is 1150. The maximum atomic E-state index is 11.2. The molecule has 1 amide bonds. The molecule has 0 radical (unpaired) electrons. The summed E-state index contributed by atoms with van der Waals surface area (Å²) in [6.07, 6.45) is 11.0. The quantitative estimate of drug-likeness (QED) is 0.135. The second-order valence-corrected chi connectivity index (χ2v) is 10.4. The Morgan fingerprint density at radius 3 is 2.86 bits per heavy atom. The molecule has 2 heterocycles. The van der Waals surface area contributed by atoms with Crippen LogP contribution in [0.1, 0.15) is 42.1 Å². The number of carbonyl (C=O) groups excluding carboxylic acids is 1. The Balaban J connectivity index is 1.35. The van der Waals surface area contributed by atoms with E-state index >= 15 is 0 Å². The third-order valence-corrected chi connectivity index (χ3v) is 7.49. The third kappa shape index (κ3) is 8.07. The fraction of sp³-hybridized carbons (Fsp3) is 0.357. The number of benzene rings is 1. The predicted molar refractivity (Wildman–Crippen MR) is 144 cm³/mol. The Morgan fingerprint density at radius 2 is 2.09 bits per heavy atom. The average Bonchev–Trinajstić information content (AvgIpc) is 3.63. The molecule has 0 bridgehead atoms. The summed E-state index contributed by atoms with van der Waals surface area (Å²) in [6.45, 7) is 8.19. The molecule has 4 N–H and O–H groups in total. The fourth-order valence-electron chi connectivity index (χ4n) is 4.19. The van der Waals surface area contributed by atoms with Crippen LogP contribution in [-0.4, -0.2) is 40.6 Å². The molecule has 2 aromatic heterocycles. The summed E-state index contributed by atoms with van der Waals surface area (Å²) in [5.74, 6) is 2.54. The van der Waals surface area contributed by atoms with Crippen LogP contribution in [0.25, 0.3) is 17.0 Å². The molecular weight excluding hydrogens is 455 g/mol. The number of allylic oxidation sites excluding steroid dienone is 1. The summed E-state index contributed by atoms with van der Waals surface area (Å²) in [5.41, 5.74) is 6.60. The van der Waals surface area contributed by atoms with Crippen molar-refractivity contribution in [2.45, 2.75) is 38.6 Å². The van der Waals surface area contributed by atoms with Crippen LogP contribution < -0.4 is 10.8 Å². The zero-order valence-corrected chi connectivity index (χ0v) is 21.1. The smallest absolute Gasteiger partial charge is 0.267 e. The van der Waals surface area contributed by atoms with Crippen LogP contribution in [0.5, 0.6) is 0 Å². The van der Waals surface area contributed by atoms with Crippen molar-refractivity contribution >= 4 is 31.1 Å². The first-order chi connectivity index (χ1) is 17.1. The maximum absolute atomic E-state index is 11.2. The average molecular weight is 491 g/mol. The monoisotopic (exact) mass is 490 g/mol. The number of nitrogens with one attached hydrogen (secondary N) is 3. The van der Waals surface area contributed by atoms with Gasteiger partial charge in [-0.15, -0.1) is 0 Å². The molecule has 3 aromatic rings. The Morgan fingerprint density at radius 1 is 1.23 bits per heavy atom. The molecule has 1 saturated carbocycles. The Labute approximate surface area is 209 Å². The lowest BCUT2D eigenvalue weighted by Crippen LogP contribution is -2.27. The molecular formula is C28H35N4O2P. The second-order valence-electron chi connectivity index (χ2n) is 9.32. The van der Waals surface area contributed by atoms with Crippen molar-refractivity contribution in [3.05, 3.63) is 83.2 Å². The normalized spacial score (nSPS) is 13.8. The molecule has 0 saturated heterocycles. The van der Waals surface area contributed by atoms with Gasteiger partial charge in [-0.2, -0.15) is 0 Å². The van der Waals surface area contributed by atoms with Gasteiger partial charge in [0.15, 0.2) is 0 Å². The zero-order valence-electron chi connectivity index (χ0n) is 20.2. The number of aromatic amines is 1. The molecule has 1 aliphatic rings. The van der Waals surface area contributed by atoms with Gasteiger partial charge in [0.05, 0.1) is 0 Å². The number of hydrogen-bond acceptors (Lipinski definition) is 4. The van der Waals surface area contributed by atoms with Crippen LogP contribution in [0, 0.1) is 5.92 Å². The van der Waals surface area contributed by atoms with E-state index in [1.165, 1.54) is 40.9 Å². The molecule has 7 heteroatoms. The van der Waals surface area contributed by atoms with E-state index in [1.807, 2.05) is 6.07 Å². The van der Waals surface area contributed by atoms with Crippen LogP contribution in [0.2, 0.25) is 0 Å². The van der Waals surface area contributed by atoms with Gasteiger partial charge in [-0.1, -0.05) is 45.1 Å². The van der Waals surface area contributed by atoms with E-state index in [9.17, 15) is 4.79 Å². The molecule has 1 aliphatic carbocycles. The number of nitrogens with zero attached hydrogens (tertiary/aromatic N) is 1. The highest BCUT2D eigenvalue weighted by Crippen LogP contribution is 2.28. The van der Waals surface area contributed by atoms with Crippen LogP contribution in [0.15, 0.2) is 66.7 Å². The van der Waals surface area contributed by atoms with E-state index in [4.69, 9.17) is 5.21 Å². The molecule has 1 fully saturated rings. The number of H-pyrrole nitrogens is 1. The summed E-state index contributed by atoms with van der Waals surface area (Å²) in [7, 11) is 1.05. The van der Waals surface area contributed by atoms with Crippen molar-refractivity contribution in [2.75, 3.05) is 19.6 Å². The number of hydroxylamine groups is 1. The number of para-hydroxylation sites is 1. The highest BCUT2D eigenvalue weighted by atomic mass is 31.0. The lowest BCUT2D eigenvalue weighted by Gasteiger charge is -2.23. The van der Waals surface area contributed by atoms with Crippen molar-refractivity contribution in [2.24, 2.45) is 5.92 Å². The minimum absolute atomic E-state index is 0.521. The molecule has 1 aromatic carbocycles. The number of rotatable bonds is 14. The van der Waals surface area contributed by atoms with Crippen molar-refractivity contribution < 1.29 is 10.0 Å². The van der Waals surface area contributed by atoms with E-state index < -0.39 is 5.91 Å². The van der Waals surface area contributed by atoms with E-state index in [0.29, 0.717) is 0 Å². The topological polar surface area (TPSA) is 80.4 Å². The number of carbonyl (C=O) groups is 1. The van der Waals surface area contributed by atoms with Crippen LogP contribution in [-0.2, 0) is 17.8 Å². The maximum Gasteiger partial charge on any atom is 0.267 e. The lowest BCUT2D eigenvalue weighted by molar-refractivity contribution is -0.124. The van der Waals surface area contributed by atoms with Gasteiger partial charge in [-0.3, -0.25) is 14.9 Å². The number of hydrogen-bond donors (Lipinski definition) is 4. The summed E-state index contributed by atoms with van der Waals surface area (Å²) in [4.78, 5) is 17.1. The zero-order chi connectivity index (χ0) is 24.5. The molecule has 184 valence electrons. The fourth-order valence-corrected chi connectivity index (χ4v) is 4.99. The Kier molecular flexibility index (Phi) is 9.13. The van der Waals surface area contributed by atoms with Gasteiger partial charge in [0.1, 0.15) is 0 Å². The molecule has 4 rings (SSSR count). The highest BCUT2D eigenvalue weighted by Gasteiger charge is 2.20. The molecule has 0 spiro atoms. The molecule has 0 aliphatic heterocycles. The molecule has 35 heavy (non-hydrogen) atoms.